The lowest BCUT2D eigenvalue weighted by molar-refractivity contribution is 0.0925. The van der Waals surface area contributed by atoms with Gasteiger partial charge >= 0.3 is 5.63 Å². The predicted molar refractivity (Wildman–Crippen MR) is 104 cm³/mol. The molecule has 0 bridgehead atoms. The van der Waals surface area contributed by atoms with E-state index in [1.165, 1.54) is 5.56 Å². The molecule has 0 aliphatic carbocycles. The third-order valence-corrected chi connectivity index (χ3v) is 4.56. The Kier molecular flexibility index (Phi) is 7.42. The van der Waals surface area contributed by atoms with E-state index in [0.29, 0.717) is 17.7 Å². The molecule has 6 heteroatoms. The van der Waals surface area contributed by atoms with E-state index in [2.05, 4.69) is 10.6 Å². The van der Waals surface area contributed by atoms with Crippen molar-refractivity contribution in [3.05, 3.63) is 69.3 Å². The molecular formula is C20H25ClN2O3. The second-order valence-corrected chi connectivity index (χ2v) is 6.56. The number of benzene rings is 1. The molecule has 0 radical (unpaired) electrons. The second kappa shape index (κ2) is 9.55. The van der Waals surface area contributed by atoms with Crippen LogP contribution in [0.2, 0.25) is 0 Å². The number of halogens is 1. The van der Waals surface area contributed by atoms with Crippen LogP contribution in [0, 0.1) is 6.92 Å². The highest BCUT2D eigenvalue weighted by atomic mass is 35.5. The van der Waals surface area contributed by atoms with Gasteiger partial charge in [0.1, 0.15) is 11.3 Å². The summed E-state index contributed by atoms with van der Waals surface area (Å²) in [6.07, 6.45) is 3.38. The van der Waals surface area contributed by atoms with Gasteiger partial charge in [0.05, 0.1) is 0 Å². The topological polar surface area (TPSA) is 71.3 Å². The van der Waals surface area contributed by atoms with Crippen LogP contribution in [0.15, 0.2) is 45.6 Å². The number of nitrogens with one attached hydrogen (secondary N) is 2. The van der Waals surface area contributed by atoms with Crippen molar-refractivity contribution in [2.75, 3.05) is 13.1 Å². The lowest BCUT2D eigenvalue weighted by Crippen LogP contribution is -2.46. The summed E-state index contributed by atoms with van der Waals surface area (Å²) >= 11 is 0. The normalized spacial score (nSPS) is 16.6. The molecule has 1 amide bonds. The molecule has 1 fully saturated rings. The fourth-order valence-corrected chi connectivity index (χ4v) is 3.21. The minimum absolute atomic E-state index is 0. The highest BCUT2D eigenvalue weighted by Crippen LogP contribution is 2.11. The van der Waals surface area contributed by atoms with Crippen molar-refractivity contribution in [2.45, 2.75) is 38.6 Å². The largest absolute Gasteiger partial charge is 0.427 e. The quantitative estimate of drug-likeness (QED) is 0.841. The second-order valence-electron chi connectivity index (χ2n) is 6.56. The van der Waals surface area contributed by atoms with Crippen molar-refractivity contribution in [1.29, 1.82) is 0 Å². The summed E-state index contributed by atoms with van der Waals surface area (Å²) in [6.45, 7) is 3.51. The van der Waals surface area contributed by atoms with Crippen molar-refractivity contribution in [3.63, 3.8) is 0 Å². The zero-order valence-corrected chi connectivity index (χ0v) is 15.7. The molecule has 3 rings (SSSR count). The fraction of sp³-hybridized carbons (Fsp3) is 0.400. The molecule has 1 unspecified atom stereocenters. The maximum atomic E-state index is 12.4. The Labute approximate surface area is 159 Å². The van der Waals surface area contributed by atoms with E-state index in [0.717, 1.165) is 32.4 Å². The van der Waals surface area contributed by atoms with Gasteiger partial charge in [-0.2, -0.15) is 0 Å². The Balaban J connectivity index is 0.00000243. The molecule has 0 spiro atoms. The van der Waals surface area contributed by atoms with Gasteiger partial charge in [-0.05, 0) is 49.9 Å². The summed E-state index contributed by atoms with van der Waals surface area (Å²) in [5, 5.41) is 6.18. The standard InChI is InChI=1S/C20H24N2O3.ClH/c1-14-12-17(10-9-15-6-3-2-4-7-15)25-20(24)18(14)19(23)22-16-8-5-11-21-13-16;/h2-4,6-7,12,16,21H,5,8-11,13H2,1H3,(H,22,23);1H. The van der Waals surface area contributed by atoms with Crippen molar-refractivity contribution >= 4 is 18.3 Å². The first-order chi connectivity index (χ1) is 12.1. The lowest BCUT2D eigenvalue weighted by Gasteiger charge is -2.23. The minimum atomic E-state index is -0.552. The average molecular weight is 377 g/mol. The molecule has 2 heterocycles. The molecule has 1 aromatic heterocycles. The first-order valence-corrected chi connectivity index (χ1v) is 8.82. The molecule has 2 N–H and O–H groups in total. The Bertz CT molecular complexity index is 783. The van der Waals surface area contributed by atoms with Crippen LogP contribution in [-0.2, 0) is 12.8 Å². The number of aryl methyl sites for hydroxylation is 3. The fourth-order valence-electron chi connectivity index (χ4n) is 3.21. The van der Waals surface area contributed by atoms with E-state index in [1.807, 2.05) is 30.3 Å². The number of carbonyl (C=O) groups is 1. The van der Waals surface area contributed by atoms with Gasteiger partial charge in [0.25, 0.3) is 5.91 Å². The first-order valence-electron chi connectivity index (χ1n) is 8.82. The van der Waals surface area contributed by atoms with Gasteiger partial charge in [-0.25, -0.2) is 4.79 Å². The Hall–Kier alpha value is -2.11. The number of rotatable bonds is 5. The van der Waals surface area contributed by atoms with Crippen LogP contribution in [-0.4, -0.2) is 25.0 Å². The number of hydrogen-bond donors (Lipinski definition) is 2. The summed E-state index contributed by atoms with van der Waals surface area (Å²) in [4.78, 5) is 24.8. The highest BCUT2D eigenvalue weighted by molar-refractivity contribution is 5.95. The van der Waals surface area contributed by atoms with Crippen molar-refractivity contribution in [2.24, 2.45) is 0 Å². The molecular weight excluding hydrogens is 352 g/mol. The molecule has 0 saturated carbocycles. The molecule has 1 aliphatic rings. The van der Waals surface area contributed by atoms with Crippen LogP contribution in [0.4, 0.5) is 0 Å². The molecule has 5 nitrogen and oxygen atoms in total. The van der Waals surface area contributed by atoms with Crippen molar-refractivity contribution in [3.8, 4) is 0 Å². The van der Waals surface area contributed by atoms with E-state index < -0.39 is 5.63 Å². The summed E-state index contributed by atoms with van der Waals surface area (Å²) < 4.78 is 5.39. The number of amides is 1. The van der Waals surface area contributed by atoms with Gasteiger partial charge in [0.2, 0.25) is 0 Å². The maximum Gasteiger partial charge on any atom is 0.349 e. The van der Waals surface area contributed by atoms with Crippen molar-refractivity contribution < 1.29 is 9.21 Å². The lowest BCUT2D eigenvalue weighted by atomic mass is 10.0. The van der Waals surface area contributed by atoms with Crippen molar-refractivity contribution in [1.82, 2.24) is 10.6 Å². The molecule has 26 heavy (non-hydrogen) atoms. The van der Waals surface area contributed by atoms with E-state index in [-0.39, 0.29) is 29.9 Å². The van der Waals surface area contributed by atoms with Gasteiger partial charge in [-0.1, -0.05) is 30.3 Å². The maximum absolute atomic E-state index is 12.4. The first kappa shape index (κ1) is 20.2. The third-order valence-electron chi connectivity index (χ3n) is 4.56. The summed E-state index contributed by atoms with van der Waals surface area (Å²) in [5.74, 6) is 0.275. The predicted octanol–water partition coefficient (Wildman–Crippen LogP) is 2.64. The Morgan fingerprint density at radius 1 is 1.27 bits per heavy atom. The monoisotopic (exact) mass is 376 g/mol. The zero-order chi connectivity index (χ0) is 17.6. The smallest absolute Gasteiger partial charge is 0.349 e. The molecule has 1 saturated heterocycles. The summed E-state index contributed by atoms with van der Waals surface area (Å²) in [7, 11) is 0. The minimum Gasteiger partial charge on any atom is -0.427 e. The van der Waals surface area contributed by atoms with Gasteiger partial charge in [0.15, 0.2) is 0 Å². The number of hydrogen-bond acceptors (Lipinski definition) is 4. The van der Waals surface area contributed by atoms with Gasteiger partial charge in [0, 0.05) is 19.0 Å². The SMILES string of the molecule is Cc1cc(CCc2ccccc2)oc(=O)c1C(=O)NC1CCCNC1.Cl. The van der Waals surface area contributed by atoms with E-state index >= 15 is 0 Å². The summed E-state index contributed by atoms with van der Waals surface area (Å²) in [6, 6.07) is 11.9. The third kappa shape index (κ3) is 5.19. The van der Waals surface area contributed by atoms with E-state index in [1.54, 1.807) is 13.0 Å². The van der Waals surface area contributed by atoms with Crippen LogP contribution in [0.1, 0.15) is 40.1 Å². The van der Waals surface area contributed by atoms with E-state index in [4.69, 9.17) is 4.42 Å². The van der Waals surface area contributed by atoms with Crippen LogP contribution >= 0.6 is 12.4 Å². The Morgan fingerprint density at radius 2 is 2.04 bits per heavy atom. The van der Waals surface area contributed by atoms with Crippen LogP contribution in [0.3, 0.4) is 0 Å². The van der Waals surface area contributed by atoms with Crippen LogP contribution in [0.5, 0.6) is 0 Å². The number of piperidine rings is 1. The molecule has 140 valence electrons. The van der Waals surface area contributed by atoms with Gasteiger partial charge in [-0.3, -0.25) is 4.79 Å². The highest BCUT2D eigenvalue weighted by Gasteiger charge is 2.21. The van der Waals surface area contributed by atoms with Gasteiger partial charge < -0.3 is 15.1 Å². The summed E-state index contributed by atoms with van der Waals surface area (Å²) in [5.41, 5.74) is 1.42. The molecule has 1 aliphatic heterocycles. The molecule has 1 aromatic carbocycles. The van der Waals surface area contributed by atoms with Gasteiger partial charge in [-0.15, -0.1) is 12.4 Å². The van der Waals surface area contributed by atoms with Crippen LogP contribution < -0.4 is 16.3 Å². The molecule has 2 aromatic rings. The average Bonchev–Trinajstić information content (AvgIpc) is 2.61. The van der Waals surface area contributed by atoms with Crippen LogP contribution in [0.25, 0.3) is 0 Å². The Morgan fingerprint density at radius 3 is 2.69 bits per heavy atom. The number of carbonyl (C=O) groups excluding carboxylic acids is 1. The zero-order valence-electron chi connectivity index (χ0n) is 14.9. The molecule has 1 atom stereocenters. The van der Waals surface area contributed by atoms with E-state index in [9.17, 15) is 9.59 Å².